The van der Waals surface area contributed by atoms with Crippen molar-refractivity contribution in [2.24, 2.45) is 0 Å². The van der Waals surface area contributed by atoms with Gasteiger partial charge < -0.3 is 14.6 Å². The van der Waals surface area contributed by atoms with Crippen molar-refractivity contribution < 1.29 is 14.5 Å². The number of nitrogens with zero attached hydrogens (tertiary/aromatic N) is 3. The first-order chi connectivity index (χ1) is 13.4. The Hall–Kier alpha value is -3.34. The van der Waals surface area contributed by atoms with Crippen LogP contribution in [-0.4, -0.2) is 22.0 Å². The highest BCUT2D eigenvalue weighted by atomic mass is 16.6. The number of hydrogen-bond donors (Lipinski definition) is 1. The van der Waals surface area contributed by atoms with Crippen LogP contribution in [0.1, 0.15) is 48.5 Å². The smallest absolute Gasteiger partial charge is 0.310 e. The molecule has 0 bridgehead atoms. The Morgan fingerprint density at radius 1 is 1.36 bits per heavy atom. The normalized spacial score (nSPS) is 13.9. The molecule has 3 rings (SSSR count). The molecule has 8 heteroatoms. The minimum absolute atomic E-state index is 0.0293. The Bertz CT molecular complexity index is 952. The maximum absolute atomic E-state index is 12.5. The summed E-state index contributed by atoms with van der Waals surface area (Å²) >= 11 is 0. The number of rotatable bonds is 6. The summed E-state index contributed by atoms with van der Waals surface area (Å²) in [5.41, 5.74) is 2.07. The Kier molecular flexibility index (Phi) is 5.64. The fourth-order valence-electron chi connectivity index (χ4n) is 3.75. The number of carbonyl (C=O) groups is 1. The van der Waals surface area contributed by atoms with Gasteiger partial charge in [0.05, 0.1) is 10.5 Å². The van der Waals surface area contributed by atoms with Crippen molar-refractivity contribution >= 4 is 17.4 Å². The summed E-state index contributed by atoms with van der Waals surface area (Å²) in [5, 5.41) is 23.4. The van der Waals surface area contributed by atoms with Crippen molar-refractivity contribution in [1.82, 2.24) is 4.57 Å². The third kappa shape index (κ3) is 3.69. The van der Waals surface area contributed by atoms with E-state index in [2.05, 4.69) is 11.4 Å². The molecule has 146 valence electrons. The molecule has 1 heterocycles. The van der Waals surface area contributed by atoms with Crippen LogP contribution >= 0.6 is 0 Å². The number of nitriles is 1. The molecule has 1 N–H and O–H groups in total. The van der Waals surface area contributed by atoms with Gasteiger partial charge in [0.25, 0.3) is 5.91 Å². The molecule has 0 spiro atoms. The van der Waals surface area contributed by atoms with Gasteiger partial charge in [-0.25, -0.2) is 0 Å². The van der Waals surface area contributed by atoms with E-state index in [4.69, 9.17) is 4.74 Å². The summed E-state index contributed by atoms with van der Waals surface area (Å²) in [6.45, 7) is 3.44. The first kappa shape index (κ1) is 19.4. The summed E-state index contributed by atoms with van der Waals surface area (Å²) in [6, 6.07) is 8.34. The van der Waals surface area contributed by atoms with Gasteiger partial charge in [0.1, 0.15) is 11.9 Å². The molecule has 8 nitrogen and oxygen atoms in total. The van der Waals surface area contributed by atoms with Crippen LogP contribution in [0.3, 0.4) is 0 Å². The highest BCUT2D eigenvalue weighted by Gasteiger charge is 2.27. The molecule has 0 radical (unpaired) electrons. The number of amides is 1. The predicted molar refractivity (Wildman–Crippen MR) is 103 cm³/mol. The Morgan fingerprint density at radius 2 is 2.04 bits per heavy atom. The number of benzene rings is 1. The number of carbonyl (C=O) groups excluding carboxylic acids is 1. The number of hydrogen-bond acceptors (Lipinski definition) is 5. The van der Waals surface area contributed by atoms with Crippen molar-refractivity contribution in [2.75, 3.05) is 11.9 Å². The molecule has 1 aromatic carbocycles. The first-order valence-electron chi connectivity index (χ1n) is 9.21. The minimum atomic E-state index is -0.557. The van der Waals surface area contributed by atoms with Crippen LogP contribution in [0.4, 0.5) is 11.5 Å². The molecule has 28 heavy (non-hydrogen) atoms. The molecule has 2 aromatic rings. The van der Waals surface area contributed by atoms with Crippen LogP contribution < -0.4 is 10.1 Å². The molecule has 1 aliphatic rings. The number of nitro groups is 1. The molecule has 1 aliphatic carbocycles. The van der Waals surface area contributed by atoms with E-state index in [1.807, 2.05) is 18.4 Å². The second-order valence-corrected chi connectivity index (χ2v) is 6.92. The fourth-order valence-corrected chi connectivity index (χ4v) is 3.75. The van der Waals surface area contributed by atoms with E-state index in [1.165, 1.54) is 18.2 Å². The van der Waals surface area contributed by atoms with E-state index in [0.29, 0.717) is 11.4 Å². The lowest BCUT2D eigenvalue weighted by Gasteiger charge is -2.19. The summed E-state index contributed by atoms with van der Waals surface area (Å²) in [6.07, 6.45) is 4.26. The molecule has 1 saturated carbocycles. The SMILES string of the molecule is Cc1c(C#N)c(NC(=O)COc2ccccc2[N+](=O)[O-])n(C2CCCC2)c1C. The summed E-state index contributed by atoms with van der Waals surface area (Å²) in [5.74, 6) is 0.0497. The molecular weight excluding hydrogens is 360 g/mol. The van der Waals surface area contributed by atoms with Gasteiger partial charge in [0, 0.05) is 17.8 Å². The fraction of sp³-hybridized carbons (Fsp3) is 0.400. The van der Waals surface area contributed by atoms with Crippen LogP contribution in [0.2, 0.25) is 0 Å². The molecule has 1 fully saturated rings. The first-order valence-corrected chi connectivity index (χ1v) is 9.21. The average Bonchev–Trinajstić information content (AvgIpc) is 3.27. The Morgan fingerprint density at radius 3 is 2.68 bits per heavy atom. The zero-order chi connectivity index (χ0) is 20.3. The van der Waals surface area contributed by atoms with Gasteiger partial charge >= 0.3 is 5.69 Å². The highest BCUT2D eigenvalue weighted by Crippen LogP contribution is 2.37. The van der Waals surface area contributed by atoms with Crippen molar-refractivity contribution in [3.05, 3.63) is 51.2 Å². The van der Waals surface area contributed by atoms with Gasteiger partial charge in [-0.05, 0) is 38.3 Å². The quantitative estimate of drug-likeness (QED) is 0.599. The van der Waals surface area contributed by atoms with E-state index in [9.17, 15) is 20.2 Å². The van der Waals surface area contributed by atoms with Crippen molar-refractivity contribution in [3.63, 3.8) is 0 Å². The number of nitrogens with one attached hydrogen (secondary N) is 1. The van der Waals surface area contributed by atoms with Crippen molar-refractivity contribution in [2.45, 2.75) is 45.6 Å². The predicted octanol–water partition coefficient (Wildman–Crippen LogP) is 4.02. The number of ether oxygens (including phenoxy) is 1. The molecule has 0 unspecified atom stereocenters. The van der Waals surface area contributed by atoms with Gasteiger partial charge in [-0.2, -0.15) is 5.26 Å². The zero-order valence-electron chi connectivity index (χ0n) is 15.9. The number of para-hydroxylation sites is 2. The van der Waals surface area contributed by atoms with E-state index < -0.39 is 10.8 Å². The van der Waals surface area contributed by atoms with Crippen LogP contribution in [0.5, 0.6) is 5.75 Å². The Labute approximate surface area is 162 Å². The minimum Gasteiger partial charge on any atom is -0.477 e. The lowest BCUT2D eigenvalue weighted by Crippen LogP contribution is -2.23. The summed E-state index contributed by atoms with van der Waals surface area (Å²) in [7, 11) is 0. The second kappa shape index (κ2) is 8.13. The van der Waals surface area contributed by atoms with Crippen LogP contribution in [0, 0.1) is 35.3 Å². The monoisotopic (exact) mass is 382 g/mol. The molecule has 0 atom stereocenters. The lowest BCUT2D eigenvalue weighted by atomic mass is 10.2. The van der Waals surface area contributed by atoms with E-state index in [1.54, 1.807) is 6.07 Å². The lowest BCUT2D eigenvalue weighted by molar-refractivity contribution is -0.385. The van der Waals surface area contributed by atoms with Gasteiger partial charge in [0.2, 0.25) is 0 Å². The van der Waals surface area contributed by atoms with Crippen molar-refractivity contribution in [3.8, 4) is 11.8 Å². The van der Waals surface area contributed by atoms with Gasteiger partial charge in [0.15, 0.2) is 12.4 Å². The highest BCUT2D eigenvalue weighted by molar-refractivity contribution is 5.93. The second-order valence-electron chi connectivity index (χ2n) is 6.92. The largest absolute Gasteiger partial charge is 0.477 e. The molecule has 1 amide bonds. The summed E-state index contributed by atoms with van der Waals surface area (Å²) < 4.78 is 7.41. The van der Waals surface area contributed by atoms with E-state index >= 15 is 0 Å². The average molecular weight is 382 g/mol. The topological polar surface area (TPSA) is 110 Å². The van der Waals surface area contributed by atoms with Gasteiger partial charge in [-0.15, -0.1) is 0 Å². The number of nitro benzene ring substituents is 1. The van der Waals surface area contributed by atoms with Crippen LogP contribution in [0.25, 0.3) is 0 Å². The maximum atomic E-state index is 12.5. The van der Waals surface area contributed by atoms with Crippen LogP contribution in [0.15, 0.2) is 24.3 Å². The molecule has 1 aromatic heterocycles. The Balaban J connectivity index is 1.80. The molecule has 0 saturated heterocycles. The van der Waals surface area contributed by atoms with E-state index in [-0.39, 0.29) is 24.1 Å². The van der Waals surface area contributed by atoms with Gasteiger partial charge in [-0.1, -0.05) is 25.0 Å². The maximum Gasteiger partial charge on any atom is 0.310 e. The molecular formula is C20H22N4O4. The standard InChI is InChI=1S/C20H22N4O4/c1-13-14(2)23(15-7-3-4-8-15)20(16(13)11-21)22-19(25)12-28-18-10-6-5-9-17(18)24(26)27/h5-6,9-10,15H,3-4,7-8,12H2,1-2H3,(H,22,25). The third-order valence-corrected chi connectivity index (χ3v) is 5.24. The number of anilines is 1. The van der Waals surface area contributed by atoms with Crippen molar-refractivity contribution in [1.29, 1.82) is 5.26 Å². The summed E-state index contributed by atoms with van der Waals surface area (Å²) in [4.78, 5) is 23.0. The van der Waals surface area contributed by atoms with Crippen LogP contribution in [-0.2, 0) is 4.79 Å². The zero-order valence-corrected chi connectivity index (χ0v) is 15.9. The van der Waals surface area contributed by atoms with E-state index in [0.717, 1.165) is 36.9 Å². The number of aromatic nitrogens is 1. The van der Waals surface area contributed by atoms with Gasteiger partial charge in [-0.3, -0.25) is 14.9 Å². The third-order valence-electron chi connectivity index (χ3n) is 5.24. The molecule has 0 aliphatic heterocycles.